The molecule has 26 heavy (non-hydrogen) atoms. The lowest BCUT2D eigenvalue weighted by molar-refractivity contribution is -0.384. The van der Waals surface area contributed by atoms with Crippen LogP contribution in [0.4, 0.5) is 5.69 Å². The van der Waals surface area contributed by atoms with Gasteiger partial charge in [-0.2, -0.15) is 4.31 Å². The summed E-state index contributed by atoms with van der Waals surface area (Å²) >= 11 is 6.03. The molecule has 1 heterocycles. The minimum atomic E-state index is -3.60. The molecular weight excluding hydrogens is 378 g/mol. The SMILES string of the molecule is O=[N+]([O-])c1ccc(CN2CCN(S(=O)(=O)c3ccccc3Cl)CC2)cc1. The quantitative estimate of drug-likeness (QED) is 0.574. The van der Waals surface area contributed by atoms with Crippen LogP contribution in [-0.4, -0.2) is 48.7 Å². The van der Waals surface area contributed by atoms with Crippen molar-refractivity contribution in [1.82, 2.24) is 9.21 Å². The summed E-state index contributed by atoms with van der Waals surface area (Å²) in [6, 6.07) is 12.9. The summed E-state index contributed by atoms with van der Waals surface area (Å²) < 4.78 is 26.9. The van der Waals surface area contributed by atoms with Gasteiger partial charge in [0.25, 0.3) is 5.69 Å². The van der Waals surface area contributed by atoms with Gasteiger partial charge in [-0.1, -0.05) is 35.9 Å². The first-order valence-electron chi connectivity index (χ1n) is 8.08. The van der Waals surface area contributed by atoms with E-state index in [1.807, 2.05) is 0 Å². The average molecular weight is 396 g/mol. The van der Waals surface area contributed by atoms with E-state index < -0.39 is 14.9 Å². The lowest BCUT2D eigenvalue weighted by atomic mass is 10.2. The lowest BCUT2D eigenvalue weighted by Crippen LogP contribution is -2.48. The van der Waals surface area contributed by atoms with E-state index in [1.165, 1.54) is 22.5 Å². The Morgan fingerprint density at radius 3 is 2.19 bits per heavy atom. The Labute approximate surface area is 157 Å². The Hall–Kier alpha value is -2.00. The fourth-order valence-electron chi connectivity index (χ4n) is 2.90. The van der Waals surface area contributed by atoms with Crippen molar-refractivity contribution in [3.8, 4) is 0 Å². The molecule has 0 radical (unpaired) electrons. The van der Waals surface area contributed by atoms with Gasteiger partial charge < -0.3 is 0 Å². The van der Waals surface area contributed by atoms with Gasteiger partial charge in [0.05, 0.1) is 9.95 Å². The highest BCUT2D eigenvalue weighted by Crippen LogP contribution is 2.25. The molecule has 2 aromatic carbocycles. The standard InChI is InChI=1S/C17H18ClN3O4S/c18-16-3-1-2-4-17(16)26(24,25)20-11-9-19(10-12-20)13-14-5-7-15(8-6-14)21(22)23/h1-8H,9-13H2. The van der Waals surface area contributed by atoms with Crippen LogP contribution in [0.5, 0.6) is 0 Å². The molecule has 0 N–H and O–H groups in total. The van der Waals surface area contributed by atoms with Gasteiger partial charge in [0.2, 0.25) is 10.0 Å². The first-order chi connectivity index (χ1) is 12.4. The first kappa shape index (κ1) is 18.8. The summed E-state index contributed by atoms with van der Waals surface area (Å²) in [4.78, 5) is 12.5. The van der Waals surface area contributed by atoms with Crippen LogP contribution in [-0.2, 0) is 16.6 Å². The van der Waals surface area contributed by atoms with Gasteiger partial charge >= 0.3 is 0 Å². The summed E-state index contributed by atoms with van der Waals surface area (Å²) in [7, 11) is -3.60. The zero-order valence-corrected chi connectivity index (χ0v) is 15.5. The molecule has 0 atom stereocenters. The number of benzene rings is 2. The molecule has 7 nitrogen and oxygen atoms in total. The van der Waals surface area contributed by atoms with E-state index in [9.17, 15) is 18.5 Å². The number of nitro benzene ring substituents is 1. The van der Waals surface area contributed by atoms with Crippen LogP contribution in [0.2, 0.25) is 5.02 Å². The van der Waals surface area contributed by atoms with Gasteiger partial charge in [-0.3, -0.25) is 15.0 Å². The molecule has 1 fully saturated rings. The zero-order valence-electron chi connectivity index (χ0n) is 13.9. The van der Waals surface area contributed by atoms with Crippen molar-refractivity contribution in [1.29, 1.82) is 0 Å². The zero-order chi connectivity index (χ0) is 18.7. The molecule has 0 unspecified atom stereocenters. The topological polar surface area (TPSA) is 83.8 Å². The van der Waals surface area contributed by atoms with Crippen LogP contribution >= 0.6 is 11.6 Å². The fraction of sp³-hybridized carbons (Fsp3) is 0.294. The molecule has 0 amide bonds. The molecule has 1 saturated heterocycles. The predicted molar refractivity (Wildman–Crippen MR) is 98.6 cm³/mol. The van der Waals surface area contributed by atoms with Crippen molar-refractivity contribution in [2.75, 3.05) is 26.2 Å². The largest absolute Gasteiger partial charge is 0.296 e. The summed E-state index contributed by atoms with van der Waals surface area (Å²) in [5.74, 6) is 0. The summed E-state index contributed by atoms with van der Waals surface area (Å²) in [5.41, 5.74) is 1.02. The summed E-state index contributed by atoms with van der Waals surface area (Å²) in [6.07, 6.45) is 0. The highest BCUT2D eigenvalue weighted by molar-refractivity contribution is 7.89. The second-order valence-corrected chi connectivity index (χ2v) is 8.35. The highest BCUT2D eigenvalue weighted by Gasteiger charge is 2.29. The van der Waals surface area contributed by atoms with E-state index in [0.717, 1.165) is 5.56 Å². The maximum atomic E-state index is 12.7. The minimum Gasteiger partial charge on any atom is -0.296 e. The van der Waals surface area contributed by atoms with Crippen molar-refractivity contribution in [3.05, 3.63) is 69.2 Å². The molecule has 138 valence electrons. The summed E-state index contributed by atoms with van der Waals surface area (Å²) in [5, 5.41) is 10.9. The van der Waals surface area contributed by atoms with Crippen molar-refractivity contribution in [3.63, 3.8) is 0 Å². The highest BCUT2D eigenvalue weighted by atomic mass is 35.5. The minimum absolute atomic E-state index is 0.0596. The van der Waals surface area contributed by atoms with E-state index in [4.69, 9.17) is 11.6 Å². The number of nitrogens with zero attached hydrogens (tertiary/aromatic N) is 3. The van der Waals surface area contributed by atoms with Gasteiger partial charge in [-0.15, -0.1) is 0 Å². The molecule has 0 bridgehead atoms. The second-order valence-electron chi connectivity index (χ2n) is 6.03. The molecule has 0 aliphatic carbocycles. The van der Waals surface area contributed by atoms with Gasteiger partial charge in [-0.25, -0.2) is 8.42 Å². The number of nitro groups is 1. The van der Waals surface area contributed by atoms with Crippen molar-refractivity contribution in [2.45, 2.75) is 11.4 Å². The van der Waals surface area contributed by atoms with Crippen LogP contribution in [0.15, 0.2) is 53.4 Å². The van der Waals surface area contributed by atoms with Gasteiger partial charge in [0.15, 0.2) is 0 Å². The Bertz CT molecular complexity index is 894. The van der Waals surface area contributed by atoms with Crippen LogP contribution in [0, 0.1) is 10.1 Å². The molecule has 0 saturated carbocycles. The maximum absolute atomic E-state index is 12.7. The van der Waals surface area contributed by atoms with E-state index in [1.54, 1.807) is 30.3 Å². The van der Waals surface area contributed by atoms with E-state index in [-0.39, 0.29) is 15.6 Å². The van der Waals surface area contributed by atoms with Crippen molar-refractivity contribution in [2.24, 2.45) is 0 Å². The number of rotatable bonds is 5. The third-order valence-corrected chi connectivity index (χ3v) is 6.74. The van der Waals surface area contributed by atoms with Gasteiger partial charge in [-0.05, 0) is 17.7 Å². The smallest absolute Gasteiger partial charge is 0.269 e. The van der Waals surface area contributed by atoms with Gasteiger partial charge in [0, 0.05) is 44.9 Å². The van der Waals surface area contributed by atoms with Crippen LogP contribution in [0.25, 0.3) is 0 Å². The Morgan fingerprint density at radius 1 is 1.00 bits per heavy atom. The van der Waals surface area contributed by atoms with Crippen LogP contribution < -0.4 is 0 Å². The van der Waals surface area contributed by atoms with Crippen molar-refractivity contribution >= 4 is 27.3 Å². The number of sulfonamides is 1. The van der Waals surface area contributed by atoms with Crippen molar-refractivity contribution < 1.29 is 13.3 Å². The van der Waals surface area contributed by atoms with E-state index >= 15 is 0 Å². The van der Waals surface area contributed by atoms with Crippen LogP contribution in [0.1, 0.15) is 5.56 Å². The molecule has 9 heteroatoms. The van der Waals surface area contributed by atoms with Gasteiger partial charge in [0.1, 0.15) is 4.90 Å². The third-order valence-electron chi connectivity index (χ3n) is 4.34. The second kappa shape index (κ2) is 7.71. The first-order valence-corrected chi connectivity index (χ1v) is 9.90. The maximum Gasteiger partial charge on any atom is 0.269 e. The molecule has 1 aliphatic rings. The Kier molecular flexibility index (Phi) is 5.57. The van der Waals surface area contributed by atoms with Crippen LogP contribution in [0.3, 0.4) is 0 Å². The Balaban J connectivity index is 1.62. The molecule has 3 rings (SSSR count). The number of non-ortho nitro benzene ring substituents is 1. The van der Waals surface area contributed by atoms with E-state index in [0.29, 0.717) is 32.7 Å². The number of halogens is 1. The molecule has 0 aromatic heterocycles. The molecule has 2 aromatic rings. The Morgan fingerprint density at radius 2 is 1.62 bits per heavy atom. The molecule has 0 spiro atoms. The fourth-order valence-corrected chi connectivity index (χ4v) is 4.82. The monoisotopic (exact) mass is 395 g/mol. The number of piperazine rings is 1. The summed E-state index contributed by atoms with van der Waals surface area (Å²) in [6.45, 7) is 2.54. The lowest BCUT2D eigenvalue weighted by Gasteiger charge is -2.34. The average Bonchev–Trinajstić information content (AvgIpc) is 2.63. The normalized spacial score (nSPS) is 16.5. The molecule has 1 aliphatic heterocycles. The third kappa shape index (κ3) is 4.04. The predicted octanol–water partition coefficient (Wildman–Crippen LogP) is 2.75. The number of hydrogen-bond acceptors (Lipinski definition) is 5. The number of hydrogen-bond donors (Lipinski definition) is 0. The van der Waals surface area contributed by atoms with E-state index in [2.05, 4.69) is 4.90 Å². The molecular formula is C17H18ClN3O4S.